The first-order chi connectivity index (χ1) is 27.3. The minimum absolute atomic E-state index is 0.269. The lowest BCUT2D eigenvalue weighted by atomic mass is 9.80. The third-order valence-electron chi connectivity index (χ3n) is 14.1. The Kier molecular flexibility index (Phi) is 25.0. The smallest absolute Gasteiger partial charge is 0.225 e. The molecule has 320 valence electrons. The van der Waals surface area contributed by atoms with Crippen molar-refractivity contribution >= 4 is 23.4 Å². The maximum atomic E-state index is 11.8. The molecule has 2 heterocycles. The SMILES string of the molecule is CC[C@@H]1CC/C=C\CCC1C(C)=O.CC[C@@H]1CCCCCCCCCCC1C(C)=O.O=C1N[C@@H]2CC/C=C\CCC12.O=C1N[C@@H]2CCCCCCCCCCC12. The molecule has 6 nitrogen and oxygen atoms in total. The Morgan fingerprint density at radius 1 is 0.446 bits per heavy atom. The molecule has 6 aliphatic rings. The van der Waals surface area contributed by atoms with Crippen LogP contribution in [0.5, 0.6) is 0 Å². The molecule has 2 aliphatic heterocycles. The highest BCUT2D eigenvalue weighted by Gasteiger charge is 2.38. The number of Topliss-reactive ketones (excluding diaryl/α,β-unsaturated/α-hetero) is 2. The number of hydrogen-bond acceptors (Lipinski definition) is 4. The lowest BCUT2D eigenvalue weighted by Crippen LogP contribution is -2.57. The zero-order valence-electron chi connectivity index (χ0n) is 36.8. The second-order valence-electron chi connectivity index (χ2n) is 18.3. The highest BCUT2D eigenvalue weighted by atomic mass is 16.2. The van der Waals surface area contributed by atoms with Crippen LogP contribution in [-0.2, 0) is 19.2 Å². The van der Waals surface area contributed by atoms with Crippen molar-refractivity contribution in [2.75, 3.05) is 0 Å². The summed E-state index contributed by atoms with van der Waals surface area (Å²) >= 11 is 0. The number of fused-ring (bicyclic) bond motifs is 2. The number of rotatable bonds is 4. The third kappa shape index (κ3) is 18.1. The molecule has 4 unspecified atom stereocenters. The van der Waals surface area contributed by atoms with E-state index in [4.69, 9.17) is 0 Å². The van der Waals surface area contributed by atoms with Gasteiger partial charge < -0.3 is 10.6 Å². The monoisotopic (exact) mass is 779 g/mol. The fourth-order valence-corrected chi connectivity index (χ4v) is 10.3. The van der Waals surface area contributed by atoms with Gasteiger partial charge in [0.25, 0.3) is 0 Å². The molecule has 2 saturated carbocycles. The van der Waals surface area contributed by atoms with Crippen molar-refractivity contribution in [3.8, 4) is 0 Å². The average Bonchev–Trinajstić information content (AvgIpc) is 3.14. The Labute approximate surface area is 344 Å². The van der Waals surface area contributed by atoms with Crippen LogP contribution in [0.15, 0.2) is 24.3 Å². The first kappa shape index (κ1) is 48.1. The summed E-state index contributed by atoms with van der Waals surface area (Å²) < 4.78 is 0. The number of ketones is 2. The van der Waals surface area contributed by atoms with Crippen LogP contribution in [0.3, 0.4) is 0 Å². The van der Waals surface area contributed by atoms with Gasteiger partial charge >= 0.3 is 0 Å². The van der Waals surface area contributed by atoms with E-state index in [1.165, 1.54) is 128 Å². The third-order valence-corrected chi connectivity index (χ3v) is 14.1. The molecule has 2 amide bonds. The van der Waals surface area contributed by atoms with E-state index in [0.717, 1.165) is 64.2 Å². The molecule has 8 atom stereocenters. The molecule has 4 fully saturated rings. The van der Waals surface area contributed by atoms with Gasteiger partial charge in [-0.15, -0.1) is 0 Å². The lowest BCUT2D eigenvalue weighted by molar-refractivity contribution is -0.136. The lowest BCUT2D eigenvalue weighted by Gasteiger charge is -2.37. The number of carbonyl (C=O) groups is 4. The van der Waals surface area contributed by atoms with Crippen molar-refractivity contribution in [3.63, 3.8) is 0 Å². The van der Waals surface area contributed by atoms with E-state index in [9.17, 15) is 19.2 Å². The Balaban J connectivity index is 0.000000202. The molecule has 6 heteroatoms. The molecule has 0 radical (unpaired) electrons. The predicted molar refractivity (Wildman–Crippen MR) is 234 cm³/mol. The zero-order valence-corrected chi connectivity index (χ0v) is 36.8. The summed E-state index contributed by atoms with van der Waals surface area (Å²) in [5.41, 5.74) is 0. The van der Waals surface area contributed by atoms with Crippen molar-refractivity contribution in [1.29, 1.82) is 0 Å². The van der Waals surface area contributed by atoms with Gasteiger partial charge in [0.1, 0.15) is 11.6 Å². The molecule has 0 aromatic rings. The molecule has 6 rings (SSSR count). The normalized spacial score (nSPS) is 33.0. The van der Waals surface area contributed by atoms with Crippen molar-refractivity contribution in [2.24, 2.45) is 35.5 Å². The Bertz CT molecular complexity index is 1180. The van der Waals surface area contributed by atoms with E-state index in [1.807, 2.05) is 0 Å². The Hall–Kier alpha value is -2.24. The first-order valence-corrected chi connectivity index (χ1v) is 24.2. The van der Waals surface area contributed by atoms with E-state index in [1.54, 1.807) is 13.8 Å². The van der Waals surface area contributed by atoms with Crippen LogP contribution in [0.1, 0.15) is 220 Å². The number of allylic oxidation sites excluding steroid dienone is 4. The Morgan fingerprint density at radius 2 is 0.804 bits per heavy atom. The number of nitrogens with one attached hydrogen (secondary N) is 2. The van der Waals surface area contributed by atoms with Crippen molar-refractivity contribution in [3.05, 3.63) is 24.3 Å². The van der Waals surface area contributed by atoms with Crippen LogP contribution in [0.2, 0.25) is 0 Å². The molecule has 0 bridgehead atoms. The van der Waals surface area contributed by atoms with Gasteiger partial charge in [-0.05, 0) is 103 Å². The molecule has 0 aromatic carbocycles. The first-order valence-electron chi connectivity index (χ1n) is 24.2. The van der Waals surface area contributed by atoms with Crippen LogP contribution in [-0.4, -0.2) is 35.5 Å². The molecule has 56 heavy (non-hydrogen) atoms. The van der Waals surface area contributed by atoms with Gasteiger partial charge in [0, 0.05) is 23.9 Å². The summed E-state index contributed by atoms with van der Waals surface area (Å²) in [5.74, 6) is 4.09. The van der Waals surface area contributed by atoms with Gasteiger partial charge in [0.2, 0.25) is 11.8 Å². The second kappa shape index (κ2) is 29.0. The number of β-lactam (4-membered cyclic amide) rings is 2. The molecule has 0 aromatic heterocycles. The Morgan fingerprint density at radius 3 is 1.30 bits per heavy atom. The van der Waals surface area contributed by atoms with Crippen LogP contribution in [0.4, 0.5) is 0 Å². The maximum absolute atomic E-state index is 11.8. The van der Waals surface area contributed by atoms with Gasteiger partial charge in [0.15, 0.2) is 0 Å². The largest absolute Gasteiger partial charge is 0.352 e. The number of amides is 2. The minimum Gasteiger partial charge on any atom is -0.352 e. The quantitative estimate of drug-likeness (QED) is 0.220. The second-order valence-corrected chi connectivity index (χ2v) is 18.3. The summed E-state index contributed by atoms with van der Waals surface area (Å²) in [6.45, 7) is 8.01. The van der Waals surface area contributed by atoms with Crippen LogP contribution in [0, 0.1) is 35.5 Å². The van der Waals surface area contributed by atoms with Crippen LogP contribution in [0.25, 0.3) is 0 Å². The van der Waals surface area contributed by atoms with Crippen LogP contribution < -0.4 is 10.6 Å². The van der Waals surface area contributed by atoms with Gasteiger partial charge in [-0.25, -0.2) is 0 Å². The molecule has 2 N–H and O–H groups in total. The van der Waals surface area contributed by atoms with E-state index in [0.29, 0.717) is 65.1 Å². The van der Waals surface area contributed by atoms with E-state index >= 15 is 0 Å². The van der Waals surface area contributed by atoms with Gasteiger partial charge in [-0.1, -0.05) is 154 Å². The number of carbonyl (C=O) groups excluding carboxylic acids is 4. The molecule has 0 spiro atoms. The minimum atomic E-state index is 0.269. The molecule has 2 saturated heterocycles. The van der Waals surface area contributed by atoms with E-state index in [2.05, 4.69) is 48.8 Å². The summed E-state index contributed by atoms with van der Waals surface area (Å²) in [5, 5.41) is 6.00. The maximum Gasteiger partial charge on any atom is 0.225 e. The van der Waals surface area contributed by atoms with Crippen molar-refractivity contribution in [1.82, 2.24) is 10.6 Å². The summed E-state index contributed by atoms with van der Waals surface area (Å²) in [7, 11) is 0. The molecule has 4 aliphatic carbocycles. The molecular formula is C50H86N2O4. The van der Waals surface area contributed by atoms with Crippen LogP contribution >= 0.6 is 0 Å². The van der Waals surface area contributed by atoms with E-state index in [-0.39, 0.29) is 5.91 Å². The highest BCUT2D eigenvalue weighted by molar-refractivity contribution is 5.86. The zero-order chi connectivity index (χ0) is 40.4. The van der Waals surface area contributed by atoms with Crippen molar-refractivity contribution < 1.29 is 19.2 Å². The molecular weight excluding hydrogens is 693 g/mol. The topological polar surface area (TPSA) is 92.3 Å². The average molecular weight is 779 g/mol. The summed E-state index contributed by atoms with van der Waals surface area (Å²) in [6.07, 6.45) is 46.7. The van der Waals surface area contributed by atoms with Gasteiger partial charge in [0.05, 0.1) is 11.8 Å². The number of hydrogen-bond donors (Lipinski definition) is 2. The van der Waals surface area contributed by atoms with Gasteiger partial charge in [-0.3, -0.25) is 19.2 Å². The summed E-state index contributed by atoms with van der Waals surface area (Å²) in [4.78, 5) is 45.6. The van der Waals surface area contributed by atoms with Gasteiger partial charge in [-0.2, -0.15) is 0 Å². The fraction of sp³-hybridized carbons (Fsp3) is 0.840. The standard InChI is InChI=1S/C16H30O.C13H23NO.C12H20O.C9H13NO/c1-3-15-12-10-8-6-4-5-7-9-11-13-16(15)14(2)17;15-13-11-9-7-5-3-1-2-4-6-8-10-12(11)14-13;1-3-11-8-6-4-5-7-9-12(11)10(2)13;11-9-7-5-3-1-2-4-6-8(7)10-9/h15-16H,3-13H2,1-2H3;11-12H,1-10H2,(H,14,15);4-5,11-12H,3,6-9H2,1-2H3;1-2,7-8H,3-6H2,(H,10,11)/b;;5-4-;2-1-/t15-,16?;11?,12-;11-,12?;7?,8-/m1111/s1. The van der Waals surface area contributed by atoms with Crippen molar-refractivity contribution in [2.45, 2.75) is 232 Å². The summed E-state index contributed by atoms with van der Waals surface area (Å²) in [6, 6.07) is 1.02. The highest BCUT2D eigenvalue weighted by Crippen LogP contribution is 2.31. The fourth-order valence-electron chi connectivity index (χ4n) is 10.3. The predicted octanol–water partition coefficient (Wildman–Crippen LogP) is 12.7. The van der Waals surface area contributed by atoms with E-state index < -0.39 is 0 Å².